The van der Waals surface area contributed by atoms with E-state index in [2.05, 4.69) is 24.1 Å². The first kappa shape index (κ1) is 12.5. The molecule has 1 rings (SSSR count). The second kappa shape index (κ2) is 6.01. The monoisotopic (exact) mass is 200 g/mol. The summed E-state index contributed by atoms with van der Waals surface area (Å²) in [5, 5.41) is 13.3. The first-order valence-corrected chi connectivity index (χ1v) is 4.40. The standard InChI is InChI=1S/C5H10N2O.C4H6O2/c1-2-4-3-6-5(8)7-4;1-3(2)4(5)6/h4H,2-3H2,1H3,(H2,6,7,8);1H2,2H3,(H,5,6). The normalized spacial score (nSPS) is 18.7. The topological polar surface area (TPSA) is 78.4 Å². The van der Waals surface area contributed by atoms with Gasteiger partial charge in [0.25, 0.3) is 0 Å². The Morgan fingerprint density at radius 3 is 2.36 bits per heavy atom. The molecule has 0 spiro atoms. The van der Waals surface area contributed by atoms with Gasteiger partial charge in [-0.2, -0.15) is 0 Å². The van der Waals surface area contributed by atoms with E-state index in [1.807, 2.05) is 0 Å². The Kier molecular flexibility index (Phi) is 5.36. The highest BCUT2D eigenvalue weighted by Gasteiger charge is 2.16. The van der Waals surface area contributed by atoms with E-state index in [0.29, 0.717) is 6.04 Å². The fourth-order valence-electron chi connectivity index (χ4n) is 0.750. The van der Waals surface area contributed by atoms with E-state index in [-0.39, 0.29) is 11.6 Å². The lowest BCUT2D eigenvalue weighted by Gasteiger charge is -2.00. The van der Waals surface area contributed by atoms with Gasteiger partial charge < -0.3 is 15.7 Å². The number of nitrogens with one attached hydrogen (secondary N) is 2. The minimum Gasteiger partial charge on any atom is -0.478 e. The Labute approximate surface area is 83.2 Å². The van der Waals surface area contributed by atoms with Crippen LogP contribution in [0.5, 0.6) is 0 Å². The average Bonchev–Trinajstić information content (AvgIpc) is 2.52. The van der Waals surface area contributed by atoms with Gasteiger partial charge in [-0.05, 0) is 13.3 Å². The molecule has 14 heavy (non-hydrogen) atoms. The van der Waals surface area contributed by atoms with E-state index in [1.54, 1.807) is 0 Å². The van der Waals surface area contributed by atoms with Crippen molar-refractivity contribution in [2.24, 2.45) is 0 Å². The van der Waals surface area contributed by atoms with Gasteiger partial charge >= 0.3 is 12.0 Å². The number of rotatable bonds is 2. The molecule has 5 nitrogen and oxygen atoms in total. The van der Waals surface area contributed by atoms with Crippen molar-refractivity contribution < 1.29 is 14.7 Å². The fraction of sp³-hybridized carbons (Fsp3) is 0.556. The number of aliphatic carboxylic acids is 1. The molecule has 1 atom stereocenters. The third-order valence-corrected chi connectivity index (χ3v) is 1.70. The maximum Gasteiger partial charge on any atom is 0.330 e. The van der Waals surface area contributed by atoms with Crippen LogP contribution in [-0.2, 0) is 4.79 Å². The van der Waals surface area contributed by atoms with E-state index >= 15 is 0 Å². The van der Waals surface area contributed by atoms with Crippen LogP contribution in [0.15, 0.2) is 12.2 Å². The molecule has 2 amide bonds. The largest absolute Gasteiger partial charge is 0.478 e. The first-order valence-electron chi connectivity index (χ1n) is 4.40. The number of carbonyl (C=O) groups is 2. The van der Waals surface area contributed by atoms with Crippen molar-refractivity contribution in [2.45, 2.75) is 26.3 Å². The number of amides is 2. The third-order valence-electron chi connectivity index (χ3n) is 1.70. The molecule has 1 fully saturated rings. The van der Waals surface area contributed by atoms with Crippen LogP contribution >= 0.6 is 0 Å². The Morgan fingerprint density at radius 1 is 1.71 bits per heavy atom. The summed E-state index contributed by atoms with van der Waals surface area (Å²) in [5.74, 6) is -0.935. The van der Waals surface area contributed by atoms with Gasteiger partial charge in [-0.25, -0.2) is 9.59 Å². The number of hydrogen-bond acceptors (Lipinski definition) is 2. The Bertz CT molecular complexity index is 226. The molecule has 0 aromatic carbocycles. The number of hydrogen-bond donors (Lipinski definition) is 3. The van der Waals surface area contributed by atoms with Crippen molar-refractivity contribution in [3.8, 4) is 0 Å². The van der Waals surface area contributed by atoms with Crippen molar-refractivity contribution in [1.29, 1.82) is 0 Å². The summed E-state index contributed by atoms with van der Waals surface area (Å²) >= 11 is 0. The second-order valence-corrected chi connectivity index (χ2v) is 3.05. The van der Waals surface area contributed by atoms with Crippen LogP contribution in [0.2, 0.25) is 0 Å². The Morgan fingerprint density at radius 2 is 2.21 bits per heavy atom. The van der Waals surface area contributed by atoms with E-state index < -0.39 is 5.97 Å². The van der Waals surface area contributed by atoms with Crippen LogP contribution in [-0.4, -0.2) is 29.7 Å². The molecule has 0 saturated carbocycles. The van der Waals surface area contributed by atoms with Gasteiger partial charge in [0, 0.05) is 18.2 Å². The lowest BCUT2D eigenvalue weighted by molar-refractivity contribution is -0.132. The van der Waals surface area contributed by atoms with Gasteiger partial charge in [0.2, 0.25) is 0 Å². The maximum atomic E-state index is 10.4. The second-order valence-electron chi connectivity index (χ2n) is 3.05. The zero-order chi connectivity index (χ0) is 11.1. The van der Waals surface area contributed by atoms with Gasteiger partial charge in [-0.1, -0.05) is 13.5 Å². The molecule has 0 bridgehead atoms. The molecule has 0 aromatic rings. The first-order chi connectivity index (χ1) is 6.47. The summed E-state index contributed by atoms with van der Waals surface area (Å²) in [6.07, 6.45) is 1.01. The van der Waals surface area contributed by atoms with Crippen LogP contribution in [0, 0.1) is 0 Å². The van der Waals surface area contributed by atoms with Gasteiger partial charge in [-0.3, -0.25) is 0 Å². The number of carboxylic acid groups (broad SMARTS) is 1. The fourth-order valence-corrected chi connectivity index (χ4v) is 0.750. The van der Waals surface area contributed by atoms with Crippen LogP contribution in [0.1, 0.15) is 20.3 Å². The minimum atomic E-state index is -0.935. The molecular formula is C9H16N2O3. The highest BCUT2D eigenvalue weighted by molar-refractivity contribution is 5.84. The summed E-state index contributed by atoms with van der Waals surface area (Å²) in [6.45, 7) is 7.44. The summed E-state index contributed by atoms with van der Waals surface area (Å²) in [7, 11) is 0. The van der Waals surface area contributed by atoms with Crippen molar-refractivity contribution >= 4 is 12.0 Å². The summed E-state index contributed by atoms with van der Waals surface area (Å²) in [6, 6.07) is 0.333. The molecule has 5 heteroatoms. The zero-order valence-electron chi connectivity index (χ0n) is 8.46. The molecule has 0 radical (unpaired) electrons. The van der Waals surface area contributed by atoms with Crippen LogP contribution in [0.3, 0.4) is 0 Å². The minimum absolute atomic E-state index is 0.0307. The van der Waals surface area contributed by atoms with Gasteiger partial charge in [0.05, 0.1) is 0 Å². The molecule has 1 unspecified atom stereocenters. The molecule has 1 heterocycles. The van der Waals surface area contributed by atoms with Crippen molar-refractivity contribution in [2.75, 3.05) is 6.54 Å². The maximum absolute atomic E-state index is 10.4. The van der Waals surface area contributed by atoms with Crippen LogP contribution < -0.4 is 10.6 Å². The lowest BCUT2D eigenvalue weighted by Crippen LogP contribution is -2.25. The number of carboxylic acids is 1. The predicted molar refractivity (Wildman–Crippen MR) is 53.1 cm³/mol. The highest BCUT2D eigenvalue weighted by atomic mass is 16.4. The van der Waals surface area contributed by atoms with Crippen molar-refractivity contribution in [1.82, 2.24) is 10.6 Å². The number of urea groups is 1. The van der Waals surface area contributed by atoms with E-state index in [0.717, 1.165) is 13.0 Å². The third kappa shape index (κ3) is 5.18. The molecule has 0 aliphatic carbocycles. The van der Waals surface area contributed by atoms with Crippen molar-refractivity contribution in [3.05, 3.63) is 12.2 Å². The molecule has 80 valence electrons. The summed E-state index contributed by atoms with van der Waals surface area (Å²) in [4.78, 5) is 20.0. The van der Waals surface area contributed by atoms with E-state index in [9.17, 15) is 9.59 Å². The quantitative estimate of drug-likeness (QED) is 0.575. The Balaban J connectivity index is 0.000000255. The van der Waals surface area contributed by atoms with E-state index in [1.165, 1.54) is 6.92 Å². The highest BCUT2D eigenvalue weighted by Crippen LogP contribution is 1.93. The van der Waals surface area contributed by atoms with Crippen LogP contribution in [0.25, 0.3) is 0 Å². The SMILES string of the molecule is C=C(C)C(=O)O.CCC1CNC(=O)N1. The van der Waals surface area contributed by atoms with Crippen molar-refractivity contribution in [3.63, 3.8) is 0 Å². The zero-order valence-corrected chi connectivity index (χ0v) is 8.46. The molecule has 1 saturated heterocycles. The average molecular weight is 200 g/mol. The molecular weight excluding hydrogens is 184 g/mol. The van der Waals surface area contributed by atoms with Gasteiger partial charge in [0.1, 0.15) is 0 Å². The van der Waals surface area contributed by atoms with E-state index in [4.69, 9.17) is 5.11 Å². The Hall–Kier alpha value is -1.52. The summed E-state index contributed by atoms with van der Waals surface area (Å²) < 4.78 is 0. The smallest absolute Gasteiger partial charge is 0.330 e. The number of carbonyl (C=O) groups excluding carboxylic acids is 1. The summed E-state index contributed by atoms with van der Waals surface area (Å²) in [5.41, 5.74) is 0.176. The molecule has 1 aliphatic heterocycles. The molecule has 1 aliphatic rings. The molecule has 3 N–H and O–H groups in total. The molecule has 0 aromatic heterocycles. The van der Waals surface area contributed by atoms with Gasteiger partial charge in [0.15, 0.2) is 0 Å². The predicted octanol–water partition coefficient (Wildman–Crippen LogP) is 0.725. The van der Waals surface area contributed by atoms with Crippen LogP contribution in [0.4, 0.5) is 4.79 Å². The van der Waals surface area contributed by atoms with Gasteiger partial charge in [-0.15, -0.1) is 0 Å². The lowest BCUT2D eigenvalue weighted by atomic mass is 10.2.